The van der Waals surface area contributed by atoms with E-state index in [0.717, 1.165) is 19.4 Å². The van der Waals surface area contributed by atoms with Gasteiger partial charge in [-0.3, -0.25) is 0 Å². The standard InChI is InChI=1S/C18H38O4/c1-3-5-6-7-8-9-10-11-12-13-18(19)22-17-16-21-15-14-20-4-2/h18-19H,3-17H2,1-2H3. The van der Waals surface area contributed by atoms with Gasteiger partial charge in [-0.15, -0.1) is 0 Å². The Morgan fingerprint density at radius 3 is 1.86 bits per heavy atom. The fourth-order valence-corrected chi connectivity index (χ4v) is 2.32. The molecule has 4 nitrogen and oxygen atoms in total. The van der Waals surface area contributed by atoms with E-state index in [1.54, 1.807) is 0 Å². The zero-order chi connectivity index (χ0) is 16.3. The molecule has 4 heteroatoms. The topological polar surface area (TPSA) is 47.9 Å². The van der Waals surface area contributed by atoms with Crippen molar-refractivity contribution >= 4 is 0 Å². The van der Waals surface area contributed by atoms with E-state index in [0.29, 0.717) is 26.4 Å². The highest BCUT2D eigenvalue weighted by atomic mass is 16.6. The monoisotopic (exact) mass is 318 g/mol. The van der Waals surface area contributed by atoms with E-state index < -0.39 is 6.29 Å². The van der Waals surface area contributed by atoms with Gasteiger partial charge in [-0.1, -0.05) is 58.3 Å². The van der Waals surface area contributed by atoms with Gasteiger partial charge in [0.1, 0.15) is 0 Å². The summed E-state index contributed by atoms with van der Waals surface area (Å²) in [5.41, 5.74) is 0. The lowest BCUT2D eigenvalue weighted by molar-refractivity contribution is -0.117. The van der Waals surface area contributed by atoms with Gasteiger partial charge in [0.05, 0.1) is 26.4 Å². The van der Waals surface area contributed by atoms with Crippen LogP contribution in [0.4, 0.5) is 0 Å². The summed E-state index contributed by atoms with van der Waals surface area (Å²) < 4.78 is 15.8. The normalized spacial score (nSPS) is 12.7. The highest BCUT2D eigenvalue weighted by Gasteiger charge is 2.03. The van der Waals surface area contributed by atoms with E-state index in [-0.39, 0.29) is 0 Å². The number of hydrogen-bond donors (Lipinski definition) is 1. The molecule has 1 unspecified atom stereocenters. The molecule has 0 fully saturated rings. The number of aliphatic hydroxyl groups excluding tert-OH is 1. The third-order valence-electron chi connectivity index (χ3n) is 3.67. The van der Waals surface area contributed by atoms with Crippen LogP contribution in [-0.4, -0.2) is 44.4 Å². The molecule has 1 atom stereocenters. The Hall–Kier alpha value is -0.160. The van der Waals surface area contributed by atoms with Gasteiger partial charge in [-0.25, -0.2) is 0 Å². The number of aliphatic hydroxyl groups is 1. The van der Waals surface area contributed by atoms with Crippen molar-refractivity contribution < 1.29 is 19.3 Å². The summed E-state index contributed by atoms with van der Waals surface area (Å²) in [6.45, 7) is 7.11. The lowest BCUT2D eigenvalue weighted by atomic mass is 10.1. The third kappa shape index (κ3) is 17.9. The van der Waals surface area contributed by atoms with Crippen LogP contribution >= 0.6 is 0 Å². The first-order chi connectivity index (χ1) is 10.8. The molecule has 0 aromatic carbocycles. The minimum Gasteiger partial charge on any atom is -0.379 e. The molecular weight excluding hydrogens is 280 g/mol. The molecule has 22 heavy (non-hydrogen) atoms. The Balaban J connectivity index is 3.11. The van der Waals surface area contributed by atoms with Crippen molar-refractivity contribution in [1.82, 2.24) is 0 Å². The predicted molar refractivity (Wildman–Crippen MR) is 91.1 cm³/mol. The average molecular weight is 318 g/mol. The molecule has 1 N–H and O–H groups in total. The maximum atomic E-state index is 9.69. The minimum atomic E-state index is -0.639. The molecule has 134 valence electrons. The number of hydrogen-bond acceptors (Lipinski definition) is 4. The summed E-state index contributed by atoms with van der Waals surface area (Å²) in [6.07, 6.45) is 11.7. The summed E-state index contributed by atoms with van der Waals surface area (Å²) >= 11 is 0. The Kier molecular flexibility index (Phi) is 18.8. The molecule has 0 bridgehead atoms. The Morgan fingerprint density at radius 1 is 0.682 bits per heavy atom. The van der Waals surface area contributed by atoms with Crippen LogP contribution in [0.5, 0.6) is 0 Å². The highest BCUT2D eigenvalue weighted by molar-refractivity contribution is 4.49. The van der Waals surface area contributed by atoms with Gasteiger partial charge in [-0.05, 0) is 19.8 Å². The SMILES string of the molecule is CCCCCCCCCCCC(O)OCCOCCOCC. The molecule has 0 rings (SSSR count). The van der Waals surface area contributed by atoms with Gasteiger partial charge < -0.3 is 19.3 Å². The van der Waals surface area contributed by atoms with Crippen molar-refractivity contribution in [3.8, 4) is 0 Å². The number of rotatable bonds is 18. The van der Waals surface area contributed by atoms with E-state index in [4.69, 9.17) is 14.2 Å². The molecule has 0 saturated heterocycles. The molecule has 0 saturated carbocycles. The van der Waals surface area contributed by atoms with Crippen LogP contribution in [0.25, 0.3) is 0 Å². The summed E-state index contributed by atoms with van der Waals surface area (Å²) in [7, 11) is 0. The van der Waals surface area contributed by atoms with E-state index in [9.17, 15) is 5.11 Å². The molecule has 0 aliphatic heterocycles. The van der Waals surface area contributed by atoms with Crippen molar-refractivity contribution in [2.75, 3.05) is 33.0 Å². The summed E-state index contributed by atoms with van der Waals surface area (Å²) in [6, 6.07) is 0. The Morgan fingerprint density at radius 2 is 1.23 bits per heavy atom. The van der Waals surface area contributed by atoms with Crippen LogP contribution in [0.3, 0.4) is 0 Å². The fraction of sp³-hybridized carbons (Fsp3) is 1.00. The van der Waals surface area contributed by atoms with Crippen molar-refractivity contribution in [2.24, 2.45) is 0 Å². The second-order valence-corrected chi connectivity index (χ2v) is 5.75. The molecule has 0 amide bonds. The van der Waals surface area contributed by atoms with Crippen molar-refractivity contribution in [3.05, 3.63) is 0 Å². The van der Waals surface area contributed by atoms with Crippen LogP contribution in [-0.2, 0) is 14.2 Å². The zero-order valence-electron chi connectivity index (χ0n) is 14.9. The number of unbranched alkanes of at least 4 members (excludes halogenated alkanes) is 8. The number of ether oxygens (including phenoxy) is 3. The molecule has 0 heterocycles. The lowest BCUT2D eigenvalue weighted by Crippen LogP contribution is -2.16. The summed E-state index contributed by atoms with van der Waals surface area (Å²) in [5, 5.41) is 9.69. The Labute approximate surface area is 137 Å². The van der Waals surface area contributed by atoms with Crippen molar-refractivity contribution in [3.63, 3.8) is 0 Å². The van der Waals surface area contributed by atoms with Gasteiger partial charge in [0.15, 0.2) is 6.29 Å². The fourth-order valence-electron chi connectivity index (χ4n) is 2.32. The quantitative estimate of drug-likeness (QED) is 0.302. The zero-order valence-corrected chi connectivity index (χ0v) is 14.9. The largest absolute Gasteiger partial charge is 0.379 e. The van der Waals surface area contributed by atoms with Gasteiger partial charge >= 0.3 is 0 Å². The second-order valence-electron chi connectivity index (χ2n) is 5.75. The van der Waals surface area contributed by atoms with Crippen LogP contribution < -0.4 is 0 Å². The maximum Gasteiger partial charge on any atom is 0.154 e. The van der Waals surface area contributed by atoms with Crippen LogP contribution in [0, 0.1) is 0 Å². The van der Waals surface area contributed by atoms with Gasteiger partial charge in [0.2, 0.25) is 0 Å². The highest BCUT2D eigenvalue weighted by Crippen LogP contribution is 2.11. The van der Waals surface area contributed by atoms with Gasteiger partial charge in [0.25, 0.3) is 0 Å². The maximum absolute atomic E-state index is 9.69. The van der Waals surface area contributed by atoms with E-state index >= 15 is 0 Å². The lowest BCUT2D eigenvalue weighted by Gasteiger charge is -2.12. The molecule has 0 spiro atoms. The molecule has 0 aromatic heterocycles. The van der Waals surface area contributed by atoms with Gasteiger partial charge in [0, 0.05) is 6.61 Å². The molecule has 0 aliphatic carbocycles. The Bertz CT molecular complexity index is 200. The summed E-state index contributed by atoms with van der Waals surface area (Å²) in [4.78, 5) is 0. The van der Waals surface area contributed by atoms with Crippen molar-refractivity contribution in [2.45, 2.75) is 84.3 Å². The summed E-state index contributed by atoms with van der Waals surface area (Å²) in [5.74, 6) is 0. The average Bonchev–Trinajstić information content (AvgIpc) is 2.52. The van der Waals surface area contributed by atoms with Gasteiger partial charge in [-0.2, -0.15) is 0 Å². The van der Waals surface area contributed by atoms with Crippen LogP contribution in [0.15, 0.2) is 0 Å². The van der Waals surface area contributed by atoms with Crippen LogP contribution in [0.2, 0.25) is 0 Å². The predicted octanol–water partition coefficient (Wildman–Crippen LogP) is 4.30. The smallest absolute Gasteiger partial charge is 0.154 e. The molecule has 0 aliphatic rings. The van der Waals surface area contributed by atoms with E-state index in [1.807, 2.05) is 6.92 Å². The second kappa shape index (κ2) is 18.9. The van der Waals surface area contributed by atoms with E-state index in [1.165, 1.54) is 51.4 Å². The first-order valence-electron chi connectivity index (χ1n) is 9.26. The van der Waals surface area contributed by atoms with Crippen LogP contribution in [0.1, 0.15) is 78.1 Å². The minimum absolute atomic E-state index is 0.449. The molecule has 0 radical (unpaired) electrons. The first-order valence-corrected chi connectivity index (χ1v) is 9.26. The van der Waals surface area contributed by atoms with Crippen molar-refractivity contribution in [1.29, 1.82) is 0 Å². The van der Waals surface area contributed by atoms with E-state index in [2.05, 4.69) is 6.92 Å². The first kappa shape index (κ1) is 21.8. The third-order valence-corrected chi connectivity index (χ3v) is 3.67. The molecule has 0 aromatic rings. The molecular formula is C18H38O4.